The smallest absolute Gasteiger partial charge is 0.172 e. The molecule has 1 aliphatic carbocycles. The zero-order valence-electron chi connectivity index (χ0n) is 12.2. The van der Waals surface area contributed by atoms with E-state index in [1.165, 1.54) is 18.7 Å². The van der Waals surface area contributed by atoms with Gasteiger partial charge in [0.1, 0.15) is 0 Å². The highest BCUT2D eigenvalue weighted by Gasteiger charge is 2.36. The molecule has 106 valence electrons. The number of carbonyl (C=O) groups excluding carboxylic acids is 2. The van der Waals surface area contributed by atoms with Gasteiger partial charge in [0.25, 0.3) is 0 Å². The van der Waals surface area contributed by atoms with Gasteiger partial charge in [-0.3, -0.25) is 9.59 Å². The predicted octanol–water partition coefficient (Wildman–Crippen LogP) is 4.21. The number of hydrogen-bond acceptors (Lipinski definition) is 3. The van der Waals surface area contributed by atoms with Crippen LogP contribution in [0.1, 0.15) is 50.2 Å². The summed E-state index contributed by atoms with van der Waals surface area (Å²) in [7, 11) is 0. The molecule has 0 amide bonds. The quantitative estimate of drug-likeness (QED) is 0.761. The number of benzene rings is 1. The van der Waals surface area contributed by atoms with Crippen LogP contribution in [0.15, 0.2) is 29.2 Å². The Morgan fingerprint density at radius 2 is 2.00 bits per heavy atom. The van der Waals surface area contributed by atoms with Crippen LogP contribution in [0.4, 0.5) is 0 Å². The van der Waals surface area contributed by atoms with E-state index in [9.17, 15) is 9.59 Å². The van der Waals surface area contributed by atoms with Gasteiger partial charge in [-0.1, -0.05) is 44.0 Å². The molecule has 3 heteroatoms. The second kappa shape index (κ2) is 6.40. The average molecular weight is 288 g/mol. The van der Waals surface area contributed by atoms with Crippen LogP contribution < -0.4 is 0 Å². The first-order chi connectivity index (χ1) is 9.61. The Hall–Kier alpha value is -1.35. The van der Waals surface area contributed by atoms with Gasteiger partial charge in [0, 0.05) is 11.5 Å². The number of ketones is 2. The van der Waals surface area contributed by atoms with Crippen LogP contribution in [-0.2, 0) is 9.59 Å². The zero-order valence-corrected chi connectivity index (χ0v) is 13.0. The molecule has 20 heavy (non-hydrogen) atoms. The van der Waals surface area contributed by atoms with Crippen molar-refractivity contribution in [3.05, 3.63) is 40.3 Å². The maximum absolute atomic E-state index is 12.7. The molecule has 0 N–H and O–H groups in total. The largest absolute Gasteiger partial charge is 0.294 e. The molecule has 2 nitrogen and oxygen atoms in total. The van der Waals surface area contributed by atoms with Crippen LogP contribution in [0.5, 0.6) is 0 Å². The predicted molar refractivity (Wildman–Crippen MR) is 84.8 cm³/mol. The summed E-state index contributed by atoms with van der Waals surface area (Å²) in [6.45, 7) is 3.67. The summed E-state index contributed by atoms with van der Waals surface area (Å²) in [5, 5.41) is 0. The number of thioether (sulfide) groups is 1. The molecule has 2 rings (SSSR count). The number of Topliss-reactive ketones (excluding diaryl/α,β-unsaturated/α-hetero) is 2. The van der Waals surface area contributed by atoms with E-state index in [0.717, 1.165) is 30.4 Å². The molecule has 0 aromatic heterocycles. The second-order valence-electron chi connectivity index (χ2n) is 5.11. The van der Waals surface area contributed by atoms with Crippen LogP contribution >= 0.6 is 11.8 Å². The maximum atomic E-state index is 12.7. The molecule has 0 saturated heterocycles. The fourth-order valence-corrected chi connectivity index (χ4v) is 3.53. The Kier molecular flexibility index (Phi) is 4.81. The molecule has 1 unspecified atom stereocenters. The minimum Gasteiger partial charge on any atom is -0.294 e. The van der Waals surface area contributed by atoms with Crippen LogP contribution in [0.3, 0.4) is 0 Å². The van der Waals surface area contributed by atoms with Gasteiger partial charge >= 0.3 is 0 Å². The van der Waals surface area contributed by atoms with Crippen molar-refractivity contribution in [2.24, 2.45) is 0 Å². The molecule has 1 aromatic carbocycles. The molecule has 0 aliphatic heterocycles. The third-order valence-electron chi connectivity index (χ3n) is 3.77. The Morgan fingerprint density at radius 3 is 2.60 bits per heavy atom. The molecule has 1 aliphatic rings. The maximum Gasteiger partial charge on any atom is 0.172 e. The van der Waals surface area contributed by atoms with Crippen molar-refractivity contribution in [2.75, 3.05) is 6.26 Å². The number of hydrogen-bond donors (Lipinski definition) is 0. The summed E-state index contributed by atoms with van der Waals surface area (Å²) in [6, 6.07) is 7.90. The number of fused-ring (bicyclic) bond motifs is 1. The third-order valence-corrected chi connectivity index (χ3v) is 4.67. The molecule has 0 bridgehead atoms. The summed E-state index contributed by atoms with van der Waals surface area (Å²) in [4.78, 5) is 25.2. The van der Waals surface area contributed by atoms with Crippen molar-refractivity contribution in [1.29, 1.82) is 0 Å². The van der Waals surface area contributed by atoms with Crippen molar-refractivity contribution in [2.45, 2.75) is 39.0 Å². The number of unbranched alkanes of at least 4 members (excludes halogenated alkanes) is 1. The van der Waals surface area contributed by atoms with Crippen LogP contribution in [-0.4, -0.2) is 17.8 Å². The molecule has 0 heterocycles. The number of carbonyl (C=O) groups is 2. The normalized spacial score (nSPS) is 19.9. The first-order valence-electron chi connectivity index (χ1n) is 7.04. The van der Waals surface area contributed by atoms with Crippen molar-refractivity contribution < 1.29 is 9.59 Å². The molecule has 0 fully saturated rings. The van der Waals surface area contributed by atoms with Gasteiger partial charge in [-0.15, -0.1) is 11.8 Å². The highest BCUT2D eigenvalue weighted by atomic mass is 32.2. The Balaban J connectivity index is 2.56. The first kappa shape index (κ1) is 15.0. The SMILES string of the molecule is CCCCC1C(=O)/C(=C(\SC)C(C)=O)c2ccccc21. The summed E-state index contributed by atoms with van der Waals surface area (Å²) in [5.41, 5.74) is 2.69. The van der Waals surface area contributed by atoms with Gasteiger partial charge in [0.05, 0.1) is 4.91 Å². The van der Waals surface area contributed by atoms with E-state index in [1.54, 1.807) is 0 Å². The first-order valence-corrected chi connectivity index (χ1v) is 8.27. The molecule has 1 atom stereocenters. The summed E-state index contributed by atoms with van der Waals surface area (Å²) in [5.74, 6) is 0.0358. The highest BCUT2D eigenvalue weighted by Crippen LogP contribution is 2.43. The average Bonchev–Trinajstić information content (AvgIpc) is 2.71. The zero-order chi connectivity index (χ0) is 14.7. The lowest BCUT2D eigenvalue weighted by atomic mass is 9.95. The molecular weight excluding hydrogens is 268 g/mol. The molecule has 0 spiro atoms. The van der Waals surface area contributed by atoms with E-state index in [2.05, 4.69) is 6.92 Å². The van der Waals surface area contributed by atoms with Gasteiger partial charge in [0.2, 0.25) is 0 Å². The fourth-order valence-electron chi connectivity index (χ4n) is 2.83. The molecule has 0 radical (unpaired) electrons. The lowest BCUT2D eigenvalue weighted by Gasteiger charge is -2.08. The number of rotatable bonds is 5. The van der Waals surface area contributed by atoms with E-state index in [4.69, 9.17) is 0 Å². The Morgan fingerprint density at radius 1 is 1.30 bits per heavy atom. The fraction of sp³-hybridized carbons (Fsp3) is 0.412. The standard InChI is InChI=1S/C17H20O2S/c1-4-5-8-14-12-9-6-7-10-13(12)15(16(14)19)17(20-3)11(2)18/h6-7,9-10,14H,4-5,8H2,1-3H3/b17-15-. The highest BCUT2D eigenvalue weighted by molar-refractivity contribution is 8.03. The third kappa shape index (κ3) is 2.59. The van der Waals surface area contributed by atoms with E-state index in [0.29, 0.717) is 10.5 Å². The van der Waals surface area contributed by atoms with Crippen molar-refractivity contribution in [1.82, 2.24) is 0 Å². The van der Waals surface area contributed by atoms with E-state index < -0.39 is 0 Å². The second-order valence-corrected chi connectivity index (χ2v) is 5.93. The van der Waals surface area contributed by atoms with Crippen LogP contribution in [0.25, 0.3) is 5.57 Å². The van der Waals surface area contributed by atoms with E-state index >= 15 is 0 Å². The summed E-state index contributed by atoms with van der Waals surface area (Å²) in [6.07, 6.45) is 4.84. The van der Waals surface area contributed by atoms with Gasteiger partial charge < -0.3 is 0 Å². The van der Waals surface area contributed by atoms with E-state index in [1.807, 2.05) is 30.5 Å². The van der Waals surface area contributed by atoms with Crippen molar-refractivity contribution in [3.63, 3.8) is 0 Å². The minimum atomic E-state index is -0.0670. The monoisotopic (exact) mass is 288 g/mol. The lowest BCUT2D eigenvalue weighted by Crippen LogP contribution is -2.08. The summed E-state index contributed by atoms with van der Waals surface area (Å²) >= 11 is 1.38. The topological polar surface area (TPSA) is 34.1 Å². The molecule has 1 aromatic rings. The number of allylic oxidation sites excluding steroid dienone is 2. The molecule has 0 saturated carbocycles. The minimum absolute atomic E-state index is 0.0215. The summed E-state index contributed by atoms with van der Waals surface area (Å²) < 4.78 is 0. The Labute approximate surface area is 124 Å². The van der Waals surface area contributed by atoms with Gasteiger partial charge in [-0.25, -0.2) is 0 Å². The van der Waals surface area contributed by atoms with Gasteiger partial charge in [-0.05, 0) is 30.7 Å². The molecular formula is C17H20O2S. The van der Waals surface area contributed by atoms with Gasteiger partial charge in [-0.2, -0.15) is 0 Å². The van der Waals surface area contributed by atoms with Crippen molar-refractivity contribution in [3.8, 4) is 0 Å². The van der Waals surface area contributed by atoms with Crippen LogP contribution in [0, 0.1) is 0 Å². The Bertz CT molecular complexity index is 572. The van der Waals surface area contributed by atoms with Crippen molar-refractivity contribution >= 4 is 28.9 Å². The van der Waals surface area contributed by atoms with Crippen LogP contribution in [0.2, 0.25) is 0 Å². The van der Waals surface area contributed by atoms with Gasteiger partial charge in [0.15, 0.2) is 11.6 Å². The lowest BCUT2D eigenvalue weighted by molar-refractivity contribution is -0.116. The van der Waals surface area contributed by atoms with E-state index in [-0.39, 0.29) is 17.5 Å².